The molecule has 1 amide bonds. The van der Waals surface area contributed by atoms with Gasteiger partial charge in [-0.05, 0) is 47.9 Å². The molecule has 0 saturated heterocycles. The van der Waals surface area contributed by atoms with Crippen molar-refractivity contribution in [2.45, 2.75) is 19.9 Å². The Morgan fingerprint density at radius 1 is 1.13 bits per heavy atom. The van der Waals surface area contributed by atoms with Crippen molar-refractivity contribution in [2.75, 3.05) is 26.0 Å². The summed E-state index contributed by atoms with van der Waals surface area (Å²) in [6.07, 6.45) is 4.56. The molecule has 31 heavy (non-hydrogen) atoms. The molecule has 0 fully saturated rings. The summed E-state index contributed by atoms with van der Waals surface area (Å²) >= 11 is 0. The van der Waals surface area contributed by atoms with Crippen molar-refractivity contribution in [3.8, 4) is 11.4 Å². The molecular formula is C23H28N6O2. The van der Waals surface area contributed by atoms with Gasteiger partial charge in [0.1, 0.15) is 5.75 Å². The third-order valence-corrected chi connectivity index (χ3v) is 4.67. The van der Waals surface area contributed by atoms with E-state index in [1.54, 1.807) is 20.4 Å². The number of hydrogen-bond acceptors (Lipinski definition) is 4. The predicted octanol–water partition coefficient (Wildman–Crippen LogP) is 2.75. The van der Waals surface area contributed by atoms with Crippen LogP contribution in [-0.4, -0.2) is 42.3 Å². The number of anilines is 1. The number of ether oxygens (including phenoxy) is 1. The van der Waals surface area contributed by atoms with Gasteiger partial charge in [-0.25, -0.2) is 4.68 Å². The number of carbonyl (C=O) groups excluding carboxylic acids is 1. The predicted molar refractivity (Wildman–Crippen MR) is 123 cm³/mol. The van der Waals surface area contributed by atoms with Gasteiger partial charge < -0.3 is 20.7 Å². The molecule has 0 saturated carbocycles. The third kappa shape index (κ3) is 6.33. The summed E-state index contributed by atoms with van der Waals surface area (Å²) in [5.41, 5.74) is 3.92. The van der Waals surface area contributed by atoms with Crippen molar-refractivity contribution in [3.63, 3.8) is 0 Å². The quantitative estimate of drug-likeness (QED) is 0.385. The van der Waals surface area contributed by atoms with Crippen molar-refractivity contribution in [1.82, 2.24) is 20.4 Å². The summed E-state index contributed by atoms with van der Waals surface area (Å²) in [6, 6.07) is 15.9. The van der Waals surface area contributed by atoms with Crippen LogP contribution in [0.15, 0.2) is 65.9 Å². The normalized spacial score (nSPS) is 11.1. The Hall–Kier alpha value is -3.81. The molecule has 1 heterocycles. The number of guanidine groups is 1. The molecule has 162 valence electrons. The minimum absolute atomic E-state index is 0.140. The highest BCUT2D eigenvalue weighted by Gasteiger charge is 2.07. The van der Waals surface area contributed by atoms with Crippen molar-refractivity contribution in [2.24, 2.45) is 4.99 Å². The highest BCUT2D eigenvalue weighted by Crippen LogP contribution is 2.25. The summed E-state index contributed by atoms with van der Waals surface area (Å²) < 4.78 is 7.13. The second-order valence-corrected chi connectivity index (χ2v) is 6.94. The van der Waals surface area contributed by atoms with Crippen LogP contribution in [0.3, 0.4) is 0 Å². The fourth-order valence-corrected chi connectivity index (χ4v) is 3.12. The van der Waals surface area contributed by atoms with Crippen LogP contribution in [0, 0.1) is 0 Å². The summed E-state index contributed by atoms with van der Waals surface area (Å²) in [6.45, 7) is 2.79. The number of rotatable bonds is 8. The molecule has 0 radical (unpaired) electrons. The number of methoxy groups -OCH3 is 1. The maximum absolute atomic E-state index is 11.4. The van der Waals surface area contributed by atoms with Gasteiger partial charge >= 0.3 is 0 Å². The third-order valence-electron chi connectivity index (χ3n) is 4.67. The van der Waals surface area contributed by atoms with Gasteiger partial charge in [0.15, 0.2) is 5.96 Å². The number of nitrogens with zero attached hydrogens (tertiary/aromatic N) is 3. The monoisotopic (exact) mass is 420 g/mol. The number of carbonyl (C=O) groups is 1. The van der Waals surface area contributed by atoms with Crippen LogP contribution in [-0.2, 0) is 17.8 Å². The molecule has 8 heteroatoms. The first-order valence-electron chi connectivity index (χ1n) is 10.1. The van der Waals surface area contributed by atoms with E-state index in [9.17, 15) is 4.79 Å². The van der Waals surface area contributed by atoms with Crippen LogP contribution in [0.4, 0.5) is 5.69 Å². The van der Waals surface area contributed by atoms with Crippen LogP contribution in [0.5, 0.6) is 5.75 Å². The van der Waals surface area contributed by atoms with Crippen molar-refractivity contribution in [1.29, 1.82) is 0 Å². The van der Waals surface area contributed by atoms with Crippen LogP contribution in [0.1, 0.15) is 18.1 Å². The number of aromatic nitrogens is 2. The number of amides is 1. The fraction of sp³-hybridized carbons (Fsp3) is 0.261. The molecule has 2 aromatic carbocycles. The molecule has 0 spiro atoms. The van der Waals surface area contributed by atoms with E-state index in [1.807, 2.05) is 35.1 Å². The molecule has 1 aromatic heterocycles. The number of aliphatic imine (C=N–C) groups is 1. The highest BCUT2D eigenvalue weighted by atomic mass is 16.5. The van der Waals surface area contributed by atoms with Gasteiger partial charge in [-0.2, -0.15) is 5.10 Å². The molecule has 0 atom stereocenters. The van der Waals surface area contributed by atoms with E-state index < -0.39 is 0 Å². The summed E-state index contributed by atoms with van der Waals surface area (Å²) in [5.74, 6) is 1.20. The van der Waals surface area contributed by atoms with Crippen LogP contribution >= 0.6 is 0 Å². The number of nitrogens with one attached hydrogen (secondary N) is 3. The lowest BCUT2D eigenvalue weighted by Crippen LogP contribution is -2.37. The molecule has 0 unspecified atom stereocenters. The number of benzene rings is 2. The van der Waals surface area contributed by atoms with E-state index >= 15 is 0 Å². The topological polar surface area (TPSA) is 92.6 Å². The summed E-state index contributed by atoms with van der Waals surface area (Å²) in [7, 11) is 3.32. The Balaban J connectivity index is 1.49. The molecule has 0 aliphatic heterocycles. The fourth-order valence-electron chi connectivity index (χ4n) is 3.12. The van der Waals surface area contributed by atoms with Gasteiger partial charge in [-0.15, -0.1) is 0 Å². The average Bonchev–Trinajstić information content (AvgIpc) is 3.31. The molecule has 8 nitrogen and oxygen atoms in total. The summed E-state index contributed by atoms with van der Waals surface area (Å²) in [5, 5.41) is 13.6. The zero-order valence-electron chi connectivity index (χ0n) is 18.1. The van der Waals surface area contributed by atoms with E-state index in [0.29, 0.717) is 23.9 Å². The Kier molecular flexibility index (Phi) is 7.64. The zero-order chi connectivity index (χ0) is 22.1. The molecule has 0 aliphatic carbocycles. The number of hydrogen-bond donors (Lipinski definition) is 3. The van der Waals surface area contributed by atoms with Crippen LogP contribution < -0.4 is 20.7 Å². The van der Waals surface area contributed by atoms with Gasteiger partial charge in [0, 0.05) is 39.5 Å². The first kappa shape index (κ1) is 21.9. The Morgan fingerprint density at radius 2 is 1.90 bits per heavy atom. The maximum Gasteiger partial charge on any atom is 0.221 e. The van der Waals surface area contributed by atoms with Crippen molar-refractivity contribution < 1.29 is 9.53 Å². The lowest BCUT2D eigenvalue weighted by Gasteiger charge is -2.14. The Labute approximate surface area is 182 Å². The van der Waals surface area contributed by atoms with E-state index in [1.165, 1.54) is 12.5 Å². The van der Waals surface area contributed by atoms with E-state index in [2.05, 4.69) is 50.3 Å². The van der Waals surface area contributed by atoms with Gasteiger partial charge in [-0.3, -0.25) is 9.79 Å². The smallest absolute Gasteiger partial charge is 0.221 e. The Morgan fingerprint density at radius 3 is 2.55 bits per heavy atom. The molecular weight excluding hydrogens is 392 g/mol. The van der Waals surface area contributed by atoms with E-state index in [-0.39, 0.29) is 5.91 Å². The molecule has 3 rings (SSSR count). The molecule has 3 aromatic rings. The van der Waals surface area contributed by atoms with Gasteiger partial charge in [0.05, 0.1) is 18.5 Å². The standard InChI is InChI=1S/C23H28N6O2/c1-17(30)28-21-15-19(7-10-22(21)31-3)16-26-23(24-2)25-13-11-18-5-8-20(9-6-18)29-14-4-12-27-29/h4-10,12,14-15H,11,13,16H2,1-3H3,(H,28,30)(H2,24,25,26). The minimum atomic E-state index is -0.140. The Bertz CT molecular complexity index is 1010. The van der Waals surface area contributed by atoms with E-state index in [0.717, 1.165) is 24.2 Å². The lowest BCUT2D eigenvalue weighted by atomic mass is 10.1. The molecule has 3 N–H and O–H groups in total. The minimum Gasteiger partial charge on any atom is -0.495 e. The molecule has 0 bridgehead atoms. The zero-order valence-corrected chi connectivity index (χ0v) is 18.1. The first-order chi connectivity index (χ1) is 15.1. The average molecular weight is 421 g/mol. The van der Waals surface area contributed by atoms with Gasteiger partial charge in [-0.1, -0.05) is 18.2 Å². The SMILES string of the molecule is CN=C(NCCc1ccc(-n2cccn2)cc1)NCc1ccc(OC)c(NC(C)=O)c1. The summed E-state index contributed by atoms with van der Waals surface area (Å²) in [4.78, 5) is 15.7. The highest BCUT2D eigenvalue weighted by molar-refractivity contribution is 5.90. The van der Waals surface area contributed by atoms with E-state index in [4.69, 9.17) is 4.74 Å². The van der Waals surface area contributed by atoms with Gasteiger partial charge in [0.25, 0.3) is 0 Å². The molecule has 0 aliphatic rings. The second-order valence-electron chi connectivity index (χ2n) is 6.94. The van der Waals surface area contributed by atoms with Gasteiger partial charge in [0.2, 0.25) is 5.91 Å². The lowest BCUT2D eigenvalue weighted by molar-refractivity contribution is -0.114. The van der Waals surface area contributed by atoms with Crippen LogP contribution in [0.2, 0.25) is 0 Å². The largest absolute Gasteiger partial charge is 0.495 e. The van der Waals surface area contributed by atoms with Crippen molar-refractivity contribution >= 4 is 17.6 Å². The second kappa shape index (κ2) is 10.8. The maximum atomic E-state index is 11.4. The first-order valence-corrected chi connectivity index (χ1v) is 10.1. The van der Waals surface area contributed by atoms with Crippen molar-refractivity contribution in [3.05, 3.63) is 72.1 Å². The van der Waals surface area contributed by atoms with Crippen LogP contribution in [0.25, 0.3) is 5.69 Å².